The van der Waals surface area contributed by atoms with Crippen molar-refractivity contribution >= 4 is 17.5 Å². The number of hydrogen-bond donors (Lipinski definition) is 2. The van der Waals surface area contributed by atoms with E-state index in [4.69, 9.17) is 0 Å². The van der Waals surface area contributed by atoms with Gasteiger partial charge in [0.1, 0.15) is 5.82 Å². The van der Waals surface area contributed by atoms with Crippen molar-refractivity contribution in [2.45, 2.75) is 19.9 Å². The second-order valence-electron chi connectivity index (χ2n) is 5.02. The van der Waals surface area contributed by atoms with Crippen LogP contribution in [-0.4, -0.2) is 11.8 Å². The lowest BCUT2D eigenvalue weighted by Crippen LogP contribution is -2.37. The van der Waals surface area contributed by atoms with Crippen molar-refractivity contribution in [3.05, 3.63) is 65.5 Å². The Morgan fingerprint density at radius 1 is 1.05 bits per heavy atom. The molecule has 0 aliphatic heterocycles. The van der Waals surface area contributed by atoms with Crippen LogP contribution in [0.3, 0.4) is 0 Å². The van der Waals surface area contributed by atoms with Gasteiger partial charge in [0.2, 0.25) is 0 Å². The molecule has 4 nitrogen and oxygen atoms in total. The maximum absolute atomic E-state index is 13.2. The van der Waals surface area contributed by atoms with Crippen LogP contribution in [0.25, 0.3) is 0 Å². The van der Waals surface area contributed by atoms with Crippen molar-refractivity contribution in [2.24, 2.45) is 0 Å². The van der Waals surface area contributed by atoms with Gasteiger partial charge in [0.25, 0.3) is 0 Å². The van der Waals surface area contributed by atoms with Crippen LogP contribution < -0.4 is 10.6 Å². The summed E-state index contributed by atoms with van der Waals surface area (Å²) < 4.78 is 13.2. The van der Waals surface area contributed by atoms with Crippen LogP contribution in [0.2, 0.25) is 0 Å². The predicted molar refractivity (Wildman–Crippen MR) is 82.8 cm³/mol. The number of nitrogens with one attached hydrogen (secondary N) is 2. The van der Waals surface area contributed by atoms with E-state index in [-0.39, 0.29) is 11.7 Å². The van der Waals surface area contributed by atoms with Crippen molar-refractivity contribution in [1.82, 2.24) is 5.32 Å². The van der Waals surface area contributed by atoms with Gasteiger partial charge in [-0.1, -0.05) is 36.4 Å². The first-order chi connectivity index (χ1) is 10.5. The predicted octanol–water partition coefficient (Wildman–Crippen LogP) is 2.95. The number of hydrogen-bond acceptors (Lipinski definition) is 2. The third kappa shape index (κ3) is 3.91. The molecule has 0 aliphatic rings. The largest absolute Gasteiger partial charge is 0.341 e. The van der Waals surface area contributed by atoms with Gasteiger partial charge in [-0.05, 0) is 37.1 Å². The van der Waals surface area contributed by atoms with Gasteiger partial charge in [0.15, 0.2) is 0 Å². The minimum Gasteiger partial charge on any atom is -0.341 e. The van der Waals surface area contributed by atoms with Crippen molar-refractivity contribution in [1.29, 1.82) is 0 Å². The lowest BCUT2D eigenvalue weighted by atomic mass is 10.1. The number of amides is 2. The van der Waals surface area contributed by atoms with E-state index in [1.807, 2.05) is 30.3 Å². The van der Waals surface area contributed by atoms with Crippen molar-refractivity contribution in [3.63, 3.8) is 0 Å². The first-order valence-corrected chi connectivity index (χ1v) is 6.90. The molecular weight excluding hydrogens is 283 g/mol. The van der Waals surface area contributed by atoms with Crippen LogP contribution >= 0.6 is 0 Å². The van der Waals surface area contributed by atoms with Crippen LogP contribution in [0.1, 0.15) is 24.1 Å². The van der Waals surface area contributed by atoms with Crippen LogP contribution in [0.5, 0.6) is 0 Å². The number of aryl methyl sites for hydroxylation is 1. The minimum atomic E-state index is -0.823. The fraction of sp³-hybridized carbons (Fsp3) is 0.176. The van der Waals surface area contributed by atoms with Gasteiger partial charge in [0.05, 0.1) is 6.04 Å². The Morgan fingerprint density at radius 3 is 2.41 bits per heavy atom. The van der Waals surface area contributed by atoms with E-state index in [2.05, 4.69) is 10.6 Å². The first kappa shape index (κ1) is 15.7. The Morgan fingerprint density at radius 2 is 1.73 bits per heavy atom. The molecule has 0 aliphatic carbocycles. The molecule has 0 saturated carbocycles. The molecule has 5 heteroatoms. The SMILES string of the molecule is Cc1ccc(F)cc1NC(=O)C(=O)N[C@@H](C)c1ccccc1. The number of benzene rings is 2. The third-order valence-electron chi connectivity index (χ3n) is 3.30. The highest BCUT2D eigenvalue weighted by Gasteiger charge is 2.17. The topological polar surface area (TPSA) is 58.2 Å². The Kier molecular flexibility index (Phi) is 4.88. The standard InChI is InChI=1S/C17H17FN2O2/c1-11-8-9-14(18)10-15(11)20-17(22)16(21)19-12(2)13-6-4-3-5-7-13/h3-10,12H,1-2H3,(H,19,21)(H,20,22)/t12-/m0/s1. The molecule has 2 aromatic carbocycles. The molecule has 0 aromatic heterocycles. The van der Waals surface area contributed by atoms with E-state index in [1.54, 1.807) is 13.8 Å². The van der Waals surface area contributed by atoms with Crippen LogP contribution in [0.4, 0.5) is 10.1 Å². The van der Waals surface area contributed by atoms with Crippen molar-refractivity contribution in [2.75, 3.05) is 5.32 Å². The zero-order valence-electron chi connectivity index (χ0n) is 12.4. The Balaban J connectivity index is 2.01. The fourth-order valence-electron chi connectivity index (χ4n) is 2.00. The van der Waals surface area contributed by atoms with Gasteiger partial charge < -0.3 is 10.6 Å². The van der Waals surface area contributed by atoms with E-state index in [0.29, 0.717) is 5.56 Å². The van der Waals surface area contributed by atoms with Gasteiger partial charge in [-0.15, -0.1) is 0 Å². The summed E-state index contributed by atoms with van der Waals surface area (Å²) in [5.74, 6) is -2.06. The summed E-state index contributed by atoms with van der Waals surface area (Å²) in [5.41, 5.74) is 1.86. The number of anilines is 1. The van der Waals surface area contributed by atoms with Crippen LogP contribution in [-0.2, 0) is 9.59 Å². The zero-order valence-corrected chi connectivity index (χ0v) is 12.4. The average molecular weight is 300 g/mol. The second-order valence-corrected chi connectivity index (χ2v) is 5.02. The summed E-state index contributed by atoms with van der Waals surface area (Å²) in [4.78, 5) is 23.8. The van der Waals surface area contributed by atoms with E-state index in [1.165, 1.54) is 18.2 Å². The Hall–Kier alpha value is -2.69. The smallest absolute Gasteiger partial charge is 0.313 e. The molecule has 114 valence electrons. The zero-order chi connectivity index (χ0) is 16.1. The maximum atomic E-state index is 13.2. The quantitative estimate of drug-likeness (QED) is 0.856. The van der Waals surface area contributed by atoms with E-state index >= 15 is 0 Å². The molecule has 22 heavy (non-hydrogen) atoms. The molecule has 0 radical (unpaired) electrons. The average Bonchev–Trinajstić information content (AvgIpc) is 2.51. The number of carbonyl (C=O) groups excluding carboxylic acids is 2. The van der Waals surface area contributed by atoms with Gasteiger partial charge in [0, 0.05) is 5.69 Å². The number of rotatable bonds is 3. The molecule has 0 saturated heterocycles. The van der Waals surface area contributed by atoms with Gasteiger partial charge in [-0.25, -0.2) is 4.39 Å². The highest BCUT2D eigenvalue weighted by molar-refractivity contribution is 6.39. The lowest BCUT2D eigenvalue weighted by Gasteiger charge is -2.14. The monoisotopic (exact) mass is 300 g/mol. The molecule has 2 amide bonds. The molecule has 0 spiro atoms. The summed E-state index contributed by atoms with van der Waals surface area (Å²) in [6, 6.07) is 13.0. The molecule has 0 heterocycles. The van der Waals surface area contributed by atoms with Gasteiger partial charge in [-0.2, -0.15) is 0 Å². The molecule has 1 atom stereocenters. The summed E-state index contributed by atoms with van der Waals surface area (Å²) in [7, 11) is 0. The van der Waals surface area contributed by atoms with Gasteiger partial charge >= 0.3 is 11.8 Å². The number of carbonyl (C=O) groups is 2. The van der Waals surface area contributed by atoms with Crippen LogP contribution in [0, 0.1) is 12.7 Å². The number of halogens is 1. The van der Waals surface area contributed by atoms with Crippen LogP contribution in [0.15, 0.2) is 48.5 Å². The fourth-order valence-corrected chi connectivity index (χ4v) is 2.00. The molecule has 0 fully saturated rings. The first-order valence-electron chi connectivity index (χ1n) is 6.90. The molecule has 2 rings (SSSR count). The Labute approximate surface area is 128 Å². The summed E-state index contributed by atoms with van der Waals surface area (Å²) in [5, 5.41) is 5.02. The molecular formula is C17H17FN2O2. The van der Waals surface area contributed by atoms with E-state index in [0.717, 1.165) is 5.56 Å². The second kappa shape index (κ2) is 6.85. The lowest BCUT2D eigenvalue weighted by molar-refractivity contribution is -0.136. The third-order valence-corrected chi connectivity index (χ3v) is 3.30. The minimum absolute atomic E-state index is 0.285. The van der Waals surface area contributed by atoms with E-state index in [9.17, 15) is 14.0 Å². The summed E-state index contributed by atoms with van der Waals surface area (Å²) in [6.07, 6.45) is 0. The van der Waals surface area contributed by atoms with Crippen molar-refractivity contribution < 1.29 is 14.0 Å². The normalized spacial score (nSPS) is 11.6. The molecule has 2 N–H and O–H groups in total. The maximum Gasteiger partial charge on any atom is 0.313 e. The molecule has 0 bridgehead atoms. The molecule has 2 aromatic rings. The van der Waals surface area contributed by atoms with Gasteiger partial charge in [-0.3, -0.25) is 9.59 Å². The van der Waals surface area contributed by atoms with E-state index < -0.39 is 17.6 Å². The highest BCUT2D eigenvalue weighted by atomic mass is 19.1. The van der Waals surface area contributed by atoms with Crippen molar-refractivity contribution in [3.8, 4) is 0 Å². The summed E-state index contributed by atoms with van der Waals surface area (Å²) in [6.45, 7) is 3.51. The highest BCUT2D eigenvalue weighted by Crippen LogP contribution is 2.16. The Bertz CT molecular complexity index is 686. The molecule has 0 unspecified atom stereocenters. The summed E-state index contributed by atoms with van der Waals surface area (Å²) >= 11 is 0.